The van der Waals surface area contributed by atoms with Crippen LogP contribution in [0.25, 0.3) is 0 Å². The van der Waals surface area contributed by atoms with Crippen molar-refractivity contribution < 1.29 is 4.74 Å². The van der Waals surface area contributed by atoms with Crippen LogP contribution in [0.1, 0.15) is 40.2 Å². The summed E-state index contributed by atoms with van der Waals surface area (Å²) in [5.74, 6) is 1.01. The van der Waals surface area contributed by atoms with Gasteiger partial charge < -0.3 is 4.74 Å². The van der Waals surface area contributed by atoms with E-state index in [0.29, 0.717) is 0 Å². The third-order valence-corrected chi connectivity index (χ3v) is 2.06. The van der Waals surface area contributed by atoms with Gasteiger partial charge >= 0.3 is 0 Å². The molecule has 0 fully saturated rings. The smallest absolute Gasteiger partial charge is 0.123 e. The maximum absolute atomic E-state index is 5.77. The summed E-state index contributed by atoms with van der Waals surface area (Å²) in [6, 6.07) is 8.26. The van der Waals surface area contributed by atoms with Crippen molar-refractivity contribution in [2.75, 3.05) is 0 Å². The minimum Gasteiger partial charge on any atom is -0.491 e. The molecule has 1 aromatic rings. The topological polar surface area (TPSA) is 9.23 Å². The molecule has 1 nitrogen and oxygen atoms in total. The molecule has 0 N–H and O–H groups in total. The lowest BCUT2D eigenvalue weighted by atomic mass is 9.86. The van der Waals surface area contributed by atoms with Crippen LogP contribution in [0.5, 0.6) is 5.75 Å². The second-order valence-corrected chi connectivity index (χ2v) is 4.91. The molecule has 0 aliphatic heterocycles. The Morgan fingerprint density at radius 1 is 1.07 bits per heavy atom. The van der Waals surface area contributed by atoms with Gasteiger partial charge in [-0.05, 0) is 30.9 Å². The summed E-state index contributed by atoms with van der Waals surface area (Å²) < 4.78 is 5.77. The first-order valence-electron chi connectivity index (χ1n) is 5.17. The zero-order chi connectivity index (χ0) is 10.8. The molecule has 14 heavy (non-hydrogen) atoms. The van der Waals surface area contributed by atoms with Gasteiger partial charge in [0.05, 0.1) is 6.10 Å². The largest absolute Gasteiger partial charge is 0.491 e. The third kappa shape index (κ3) is 2.76. The third-order valence-electron chi connectivity index (χ3n) is 2.06. The first-order valence-corrected chi connectivity index (χ1v) is 5.17. The van der Waals surface area contributed by atoms with E-state index in [1.165, 1.54) is 5.56 Å². The van der Waals surface area contributed by atoms with Crippen molar-refractivity contribution in [3.63, 3.8) is 0 Å². The van der Waals surface area contributed by atoms with E-state index in [1.807, 2.05) is 12.1 Å². The van der Waals surface area contributed by atoms with Crippen LogP contribution in [0.3, 0.4) is 0 Å². The van der Waals surface area contributed by atoms with Crippen LogP contribution in [0.4, 0.5) is 0 Å². The van der Waals surface area contributed by atoms with E-state index in [2.05, 4.69) is 46.8 Å². The summed E-state index contributed by atoms with van der Waals surface area (Å²) in [4.78, 5) is 0. The summed E-state index contributed by atoms with van der Waals surface area (Å²) in [6.45, 7) is 10.7. The summed E-state index contributed by atoms with van der Waals surface area (Å²) in [7, 11) is 0. The van der Waals surface area contributed by atoms with Crippen LogP contribution in [0.15, 0.2) is 24.3 Å². The molecule has 0 atom stereocenters. The molecule has 0 unspecified atom stereocenters. The fourth-order valence-corrected chi connectivity index (χ4v) is 1.44. The summed E-state index contributed by atoms with van der Waals surface area (Å²) >= 11 is 0. The number of ether oxygens (including phenoxy) is 1. The van der Waals surface area contributed by atoms with Crippen molar-refractivity contribution in [2.24, 2.45) is 0 Å². The molecule has 0 saturated heterocycles. The first-order chi connectivity index (χ1) is 6.41. The van der Waals surface area contributed by atoms with Gasteiger partial charge in [-0.15, -0.1) is 0 Å². The molecular formula is C13H20O. The van der Waals surface area contributed by atoms with Gasteiger partial charge in [0.15, 0.2) is 0 Å². The highest BCUT2D eigenvalue weighted by Gasteiger charge is 2.18. The molecule has 0 spiro atoms. The van der Waals surface area contributed by atoms with Gasteiger partial charge in [0.1, 0.15) is 5.75 Å². The molecule has 0 heterocycles. The quantitative estimate of drug-likeness (QED) is 0.693. The van der Waals surface area contributed by atoms with Crippen LogP contribution in [-0.2, 0) is 5.41 Å². The Bertz CT molecular complexity index is 294. The Morgan fingerprint density at radius 2 is 1.64 bits per heavy atom. The van der Waals surface area contributed by atoms with Crippen molar-refractivity contribution in [1.82, 2.24) is 0 Å². The van der Waals surface area contributed by atoms with Gasteiger partial charge in [0.25, 0.3) is 0 Å². The average Bonchev–Trinajstić information content (AvgIpc) is 2.01. The Labute approximate surface area is 87.1 Å². The number of rotatable bonds is 2. The zero-order valence-electron chi connectivity index (χ0n) is 9.79. The summed E-state index contributed by atoms with van der Waals surface area (Å²) in [5, 5.41) is 0. The molecule has 1 rings (SSSR count). The molecule has 0 aromatic heterocycles. The summed E-state index contributed by atoms with van der Waals surface area (Å²) in [5.41, 5.74) is 1.42. The van der Waals surface area contributed by atoms with E-state index >= 15 is 0 Å². The Kier molecular flexibility index (Phi) is 3.20. The van der Waals surface area contributed by atoms with E-state index in [4.69, 9.17) is 4.74 Å². The van der Waals surface area contributed by atoms with Crippen LogP contribution >= 0.6 is 0 Å². The average molecular weight is 192 g/mol. The van der Waals surface area contributed by atoms with Crippen molar-refractivity contribution >= 4 is 0 Å². The molecule has 0 amide bonds. The molecule has 1 aromatic carbocycles. The van der Waals surface area contributed by atoms with Gasteiger partial charge in [-0.2, -0.15) is 0 Å². The fourth-order valence-electron chi connectivity index (χ4n) is 1.44. The number of para-hydroxylation sites is 1. The molecule has 0 aliphatic carbocycles. The van der Waals surface area contributed by atoms with Gasteiger partial charge in [-0.25, -0.2) is 0 Å². The normalized spacial score (nSPS) is 11.9. The van der Waals surface area contributed by atoms with Crippen molar-refractivity contribution in [3.8, 4) is 5.75 Å². The highest BCUT2D eigenvalue weighted by atomic mass is 16.5. The van der Waals surface area contributed by atoms with Crippen molar-refractivity contribution in [3.05, 3.63) is 29.8 Å². The van der Waals surface area contributed by atoms with E-state index < -0.39 is 0 Å². The minimum atomic E-state index is 0.144. The predicted molar refractivity (Wildman–Crippen MR) is 60.9 cm³/mol. The second kappa shape index (κ2) is 4.04. The molecule has 1 heteroatoms. The fraction of sp³-hybridized carbons (Fsp3) is 0.538. The Morgan fingerprint density at radius 3 is 2.14 bits per heavy atom. The lowest BCUT2D eigenvalue weighted by Gasteiger charge is -2.23. The predicted octanol–water partition coefficient (Wildman–Crippen LogP) is 3.77. The highest BCUT2D eigenvalue weighted by molar-refractivity contribution is 5.38. The molecule has 0 radical (unpaired) electrons. The maximum Gasteiger partial charge on any atom is 0.123 e. The number of hydrogen-bond donors (Lipinski definition) is 0. The lowest BCUT2D eigenvalue weighted by molar-refractivity contribution is 0.236. The molecule has 0 saturated carbocycles. The molecule has 78 valence electrons. The second-order valence-electron chi connectivity index (χ2n) is 4.91. The standard InChI is InChI=1S/C13H20O/c1-10(2)14-12-9-7-6-8-11(12)13(3,4)5/h6-10H,1-5H3. The maximum atomic E-state index is 5.77. The molecule has 0 bridgehead atoms. The van der Waals surface area contributed by atoms with E-state index in [-0.39, 0.29) is 11.5 Å². The van der Waals surface area contributed by atoms with Crippen LogP contribution in [0, 0.1) is 0 Å². The van der Waals surface area contributed by atoms with Gasteiger partial charge in [-0.1, -0.05) is 39.0 Å². The van der Waals surface area contributed by atoms with Gasteiger partial charge in [0, 0.05) is 0 Å². The number of hydrogen-bond acceptors (Lipinski definition) is 1. The van der Waals surface area contributed by atoms with Gasteiger partial charge in [-0.3, -0.25) is 0 Å². The van der Waals surface area contributed by atoms with E-state index in [1.54, 1.807) is 0 Å². The first kappa shape index (κ1) is 11.1. The van der Waals surface area contributed by atoms with E-state index in [9.17, 15) is 0 Å². The zero-order valence-corrected chi connectivity index (χ0v) is 9.79. The lowest BCUT2D eigenvalue weighted by Crippen LogP contribution is -2.15. The minimum absolute atomic E-state index is 0.144. The highest BCUT2D eigenvalue weighted by Crippen LogP contribution is 2.31. The van der Waals surface area contributed by atoms with E-state index in [0.717, 1.165) is 5.75 Å². The molecular weight excluding hydrogens is 172 g/mol. The Hall–Kier alpha value is -0.980. The van der Waals surface area contributed by atoms with Crippen LogP contribution in [0.2, 0.25) is 0 Å². The van der Waals surface area contributed by atoms with Crippen molar-refractivity contribution in [1.29, 1.82) is 0 Å². The summed E-state index contributed by atoms with van der Waals surface area (Å²) in [6.07, 6.45) is 0.235. The van der Waals surface area contributed by atoms with Crippen LogP contribution in [-0.4, -0.2) is 6.10 Å². The Balaban J connectivity index is 3.04. The van der Waals surface area contributed by atoms with Crippen LogP contribution < -0.4 is 4.74 Å². The van der Waals surface area contributed by atoms with Crippen molar-refractivity contribution in [2.45, 2.75) is 46.1 Å². The van der Waals surface area contributed by atoms with Gasteiger partial charge in [0.2, 0.25) is 0 Å². The molecule has 0 aliphatic rings. The number of benzene rings is 1. The SMILES string of the molecule is CC(C)Oc1ccccc1C(C)(C)C. The monoisotopic (exact) mass is 192 g/mol.